The van der Waals surface area contributed by atoms with Crippen LogP contribution in [-0.4, -0.2) is 36.1 Å². The molecule has 0 aliphatic heterocycles. The number of carboxylic acids is 1. The Bertz CT molecular complexity index is 324. The van der Waals surface area contributed by atoms with E-state index in [4.69, 9.17) is 5.11 Å². The summed E-state index contributed by atoms with van der Waals surface area (Å²) in [7, 11) is 1.25. The van der Waals surface area contributed by atoms with Crippen LogP contribution in [0.3, 0.4) is 0 Å². The van der Waals surface area contributed by atoms with Crippen molar-refractivity contribution < 1.29 is 24.2 Å². The zero-order chi connectivity index (χ0) is 15.5. The van der Waals surface area contributed by atoms with Crippen LogP contribution in [0.1, 0.15) is 52.4 Å². The maximum atomic E-state index is 12.1. The Balaban J connectivity index is 4.51. The van der Waals surface area contributed by atoms with Crippen LogP contribution in [0.5, 0.6) is 0 Å². The topological polar surface area (TPSA) is 92.7 Å². The summed E-state index contributed by atoms with van der Waals surface area (Å²) in [6.07, 6.45) is 3.24. The number of hydrogen-bond donors (Lipinski definition) is 2. The molecule has 0 heterocycles. The number of nitrogens with one attached hydrogen (secondary N) is 1. The molecule has 1 amide bonds. The molecule has 20 heavy (non-hydrogen) atoms. The second-order valence-corrected chi connectivity index (χ2v) is 4.79. The maximum Gasteiger partial charge on any atom is 0.326 e. The van der Waals surface area contributed by atoms with Crippen LogP contribution < -0.4 is 5.32 Å². The lowest BCUT2D eigenvalue weighted by Crippen LogP contribution is -2.44. The van der Waals surface area contributed by atoms with E-state index >= 15 is 0 Å². The summed E-state index contributed by atoms with van der Waals surface area (Å²) in [5.41, 5.74) is 0. The molecule has 6 nitrogen and oxygen atoms in total. The van der Waals surface area contributed by atoms with Gasteiger partial charge in [-0.3, -0.25) is 9.59 Å². The number of ether oxygens (including phenoxy) is 1. The molecule has 6 heteroatoms. The predicted molar refractivity (Wildman–Crippen MR) is 74.1 cm³/mol. The first-order valence-electron chi connectivity index (χ1n) is 7.06. The monoisotopic (exact) mass is 287 g/mol. The molecule has 0 aliphatic rings. The molecule has 2 N–H and O–H groups in total. The van der Waals surface area contributed by atoms with E-state index in [1.807, 2.05) is 13.8 Å². The van der Waals surface area contributed by atoms with Gasteiger partial charge in [-0.2, -0.15) is 0 Å². The van der Waals surface area contributed by atoms with Gasteiger partial charge in [-0.25, -0.2) is 4.79 Å². The second-order valence-electron chi connectivity index (χ2n) is 4.79. The van der Waals surface area contributed by atoms with Crippen molar-refractivity contribution in [2.45, 2.75) is 58.4 Å². The summed E-state index contributed by atoms with van der Waals surface area (Å²) >= 11 is 0. The van der Waals surface area contributed by atoms with Crippen LogP contribution >= 0.6 is 0 Å². The summed E-state index contributed by atoms with van der Waals surface area (Å²) in [6, 6.07) is -1.04. The van der Waals surface area contributed by atoms with Crippen LogP contribution in [-0.2, 0) is 19.1 Å². The van der Waals surface area contributed by atoms with Gasteiger partial charge in [-0.05, 0) is 19.3 Å². The lowest BCUT2D eigenvalue weighted by molar-refractivity contribution is -0.144. The standard InChI is InChI=1S/C14H25NO5/c1-4-6-10(7-5-2)13(17)15-11(14(18)19)8-9-12(16)20-3/h10-11H,4-9H2,1-3H3,(H,15,17)(H,18,19). The van der Waals surface area contributed by atoms with E-state index in [0.717, 1.165) is 25.7 Å². The number of hydrogen-bond acceptors (Lipinski definition) is 4. The zero-order valence-electron chi connectivity index (χ0n) is 12.5. The van der Waals surface area contributed by atoms with Gasteiger partial charge in [-0.1, -0.05) is 26.7 Å². The molecule has 1 unspecified atom stereocenters. The van der Waals surface area contributed by atoms with Crippen molar-refractivity contribution in [3.8, 4) is 0 Å². The average molecular weight is 287 g/mol. The van der Waals surface area contributed by atoms with Gasteiger partial charge in [0, 0.05) is 12.3 Å². The van der Waals surface area contributed by atoms with E-state index in [2.05, 4.69) is 10.1 Å². The van der Waals surface area contributed by atoms with Crippen molar-refractivity contribution in [2.24, 2.45) is 5.92 Å². The molecule has 0 aliphatic carbocycles. The number of methoxy groups -OCH3 is 1. The third-order valence-electron chi connectivity index (χ3n) is 3.12. The fraction of sp³-hybridized carbons (Fsp3) is 0.786. The summed E-state index contributed by atoms with van der Waals surface area (Å²) in [5, 5.41) is 11.6. The van der Waals surface area contributed by atoms with Crippen LogP contribution in [0.25, 0.3) is 0 Å². The molecule has 0 fully saturated rings. The van der Waals surface area contributed by atoms with Gasteiger partial charge in [0.25, 0.3) is 0 Å². The third kappa shape index (κ3) is 7.11. The summed E-state index contributed by atoms with van der Waals surface area (Å²) in [5.74, 6) is -2.02. The zero-order valence-corrected chi connectivity index (χ0v) is 12.5. The normalized spacial score (nSPS) is 12.0. The van der Waals surface area contributed by atoms with Crippen molar-refractivity contribution in [3.63, 3.8) is 0 Å². The van der Waals surface area contributed by atoms with E-state index < -0.39 is 18.0 Å². The molecule has 0 saturated carbocycles. The number of rotatable bonds is 10. The number of aliphatic carboxylic acids is 1. The Morgan fingerprint density at radius 3 is 2.05 bits per heavy atom. The number of amides is 1. The molecule has 0 aromatic heterocycles. The third-order valence-corrected chi connectivity index (χ3v) is 3.12. The first-order chi connectivity index (χ1) is 9.46. The molecule has 0 spiro atoms. The molecule has 0 saturated heterocycles. The highest BCUT2D eigenvalue weighted by Crippen LogP contribution is 2.14. The number of carbonyl (C=O) groups is 3. The smallest absolute Gasteiger partial charge is 0.326 e. The molecule has 0 bridgehead atoms. The quantitative estimate of drug-likeness (QED) is 0.597. The van der Waals surface area contributed by atoms with Crippen LogP contribution in [0, 0.1) is 5.92 Å². The Hall–Kier alpha value is -1.59. The Labute approximate surface area is 119 Å². The van der Waals surface area contributed by atoms with E-state index in [0.29, 0.717) is 0 Å². The van der Waals surface area contributed by atoms with E-state index in [9.17, 15) is 14.4 Å². The van der Waals surface area contributed by atoms with Crippen molar-refractivity contribution in [1.82, 2.24) is 5.32 Å². The highest BCUT2D eigenvalue weighted by Gasteiger charge is 2.25. The lowest BCUT2D eigenvalue weighted by atomic mass is 9.96. The highest BCUT2D eigenvalue weighted by atomic mass is 16.5. The Morgan fingerprint density at radius 1 is 1.10 bits per heavy atom. The van der Waals surface area contributed by atoms with Crippen molar-refractivity contribution in [2.75, 3.05) is 7.11 Å². The SMILES string of the molecule is CCCC(CCC)C(=O)NC(CCC(=O)OC)C(=O)O. The Morgan fingerprint density at radius 2 is 1.65 bits per heavy atom. The number of carboxylic acid groups (broad SMARTS) is 1. The van der Waals surface area contributed by atoms with Gasteiger partial charge in [-0.15, -0.1) is 0 Å². The molecule has 0 radical (unpaired) electrons. The van der Waals surface area contributed by atoms with Crippen molar-refractivity contribution >= 4 is 17.8 Å². The highest BCUT2D eigenvalue weighted by molar-refractivity contribution is 5.85. The first kappa shape index (κ1) is 18.4. The summed E-state index contributed by atoms with van der Waals surface area (Å²) in [6.45, 7) is 3.98. The molecule has 0 rings (SSSR count). The van der Waals surface area contributed by atoms with Gasteiger partial charge in [0.2, 0.25) is 5.91 Å². The van der Waals surface area contributed by atoms with Crippen LogP contribution in [0.4, 0.5) is 0 Å². The van der Waals surface area contributed by atoms with Crippen LogP contribution in [0.2, 0.25) is 0 Å². The van der Waals surface area contributed by atoms with E-state index in [-0.39, 0.29) is 24.7 Å². The van der Waals surface area contributed by atoms with E-state index in [1.165, 1.54) is 7.11 Å². The van der Waals surface area contributed by atoms with Gasteiger partial charge < -0.3 is 15.2 Å². The van der Waals surface area contributed by atoms with Gasteiger partial charge in [0.05, 0.1) is 7.11 Å². The number of esters is 1. The predicted octanol–water partition coefficient (Wildman–Crippen LogP) is 1.73. The van der Waals surface area contributed by atoms with Gasteiger partial charge in [0.1, 0.15) is 6.04 Å². The molecular weight excluding hydrogens is 262 g/mol. The molecule has 0 aromatic carbocycles. The van der Waals surface area contributed by atoms with Crippen LogP contribution in [0.15, 0.2) is 0 Å². The van der Waals surface area contributed by atoms with Gasteiger partial charge in [0.15, 0.2) is 0 Å². The minimum absolute atomic E-state index is 0.0278. The Kier molecular flexibility index (Phi) is 9.41. The molecular formula is C14H25NO5. The van der Waals surface area contributed by atoms with Gasteiger partial charge >= 0.3 is 11.9 Å². The molecule has 1 atom stereocenters. The second kappa shape index (κ2) is 10.2. The number of carbonyl (C=O) groups excluding carboxylic acids is 2. The minimum atomic E-state index is -1.13. The van der Waals surface area contributed by atoms with Crippen molar-refractivity contribution in [1.29, 1.82) is 0 Å². The fourth-order valence-electron chi connectivity index (χ4n) is 2.01. The summed E-state index contributed by atoms with van der Waals surface area (Å²) in [4.78, 5) is 34.2. The van der Waals surface area contributed by atoms with Crippen molar-refractivity contribution in [3.05, 3.63) is 0 Å². The van der Waals surface area contributed by atoms with E-state index in [1.54, 1.807) is 0 Å². The first-order valence-corrected chi connectivity index (χ1v) is 7.06. The molecule has 116 valence electrons. The molecule has 0 aromatic rings. The largest absolute Gasteiger partial charge is 0.480 e. The lowest BCUT2D eigenvalue weighted by Gasteiger charge is -2.19. The average Bonchev–Trinajstić information content (AvgIpc) is 2.42. The maximum absolute atomic E-state index is 12.1. The fourth-order valence-corrected chi connectivity index (χ4v) is 2.01. The minimum Gasteiger partial charge on any atom is -0.480 e. The summed E-state index contributed by atoms with van der Waals surface area (Å²) < 4.78 is 4.47.